The number of anilines is 1. The van der Waals surface area contributed by atoms with E-state index in [9.17, 15) is 18.4 Å². The summed E-state index contributed by atoms with van der Waals surface area (Å²) in [6.07, 6.45) is 2.77. The van der Waals surface area contributed by atoms with Gasteiger partial charge >= 0.3 is 0 Å². The number of amides is 1. The van der Waals surface area contributed by atoms with Crippen LogP contribution in [0.3, 0.4) is 0 Å². The Labute approximate surface area is 187 Å². The first-order valence-corrected chi connectivity index (χ1v) is 10.5. The third kappa shape index (κ3) is 4.37. The Bertz CT molecular complexity index is 972. The van der Waals surface area contributed by atoms with Gasteiger partial charge in [0.15, 0.2) is 5.78 Å². The van der Waals surface area contributed by atoms with E-state index in [-0.39, 0.29) is 36.3 Å². The van der Waals surface area contributed by atoms with Crippen molar-refractivity contribution in [3.8, 4) is 0 Å². The molecule has 1 amide bonds. The first-order valence-electron chi connectivity index (χ1n) is 10.5. The Morgan fingerprint density at radius 2 is 1.61 bits per heavy atom. The summed E-state index contributed by atoms with van der Waals surface area (Å²) in [6, 6.07) is 9.90. The van der Waals surface area contributed by atoms with Crippen LogP contribution < -0.4 is 4.90 Å². The summed E-state index contributed by atoms with van der Waals surface area (Å²) in [5.74, 6) is -1.06. The van der Waals surface area contributed by atoms with Gasteiger partial charge in [0, 0.05) is 30.8 Å². The normalized spacial score (nSPS) is 19.0. The van der Waals surface area contributed by atoms with E-state index < -0.39 is 17.4 Å². The monoisotopic (exact) mass is 448 g/mol. The molecule has 2 aliphatic rings. The topological polar surface area (TPSA) is 40.6 Å². The molecule has 0 bridgehead atoms. The van der Waals surface area contributed by atoms with E-state index >= 15 is 0 Å². The number of rotatable bonds is 5. The van der Waals surface area contributed by atoms with E-state index in [0.717, 1.165) is 32.4 Å². The second kappa shape index (κ2) is 9.05. The van der Waals surface area contributed by atoms with Gasteiger partial charge in [-0.3, -0.25) is 19.4 Å². The number of Topliss-reactive ketones (excluding diaryl/α,β-unsaturated/α-hetero) is 1. The first kappa shape index (κ1) is 23.4. The predicted molar refractivity (Wildman–Crippen MR) is 119 cm³/mol. The van der Waals surface area contributed by atoms with Gasteiger partial charge in [0.05, 0.1) is 11.6 Å². The van der Waals surface area contributed by atoms with Crippen LogP contribution in [-0.2, 0) is 10.2 Å². The molecule has 4 nitrogen and oxygen atoms in total. The molecule has 2 aliphatic heterocycles. The molecular formula is C24H27ClF2N2O2. The molecule has 7 heteroatoms. The molecule has 31 heavy (non-hydrogen) atoms. The van der Waals surface area contributed by atoms with Crippen LogP contribution >= 0.6 is 12.4 Å². The van der Waals surface area contributed by atoms with Gasteiger partial charge in [0.25, 0.3) is 0 Å². The second-order valence-corrected chi connectivity index (χ2v) is 8.67. The minimum absolute atomic E-state index is 0. The van der Waals surface area contributed by atoms with Crippen LogP contribution in [0.1, 0.15) is 55.5 Å². The quantitative estimate of drug-likeness (QED) is 0.598. The summed E-state index contributed by atoms with van der Waals surface area (Å²) in [7, 11) is 0. The maximum atomic E-state index is 14.0. The molecule has 0 radical (unpaired) electrons. The van der Waals surface area contributed by atoms with Gasteiger partial charge in [-0.05, 0) is 74.7 Å². The summed E-state index contributed by atoms with van der Waals surface area (Å²) in [5, 5.41) is 0. The number of hydrogen-bond acceptors (Lipinski definition) is 3. The zero-order valence-corrected chi connectivity index (χ0v) is 18.6. The molecular weight excluding hydrogens is 422 g/mol. The van der Waals surface area contributed by atoms with Crippen molar-refractivity contribution in [1.29, 1.82) is 0 Å². The van der Waals surface area contributed by atoms with Crippen LogP contribution in [0, 0.1) is 11.6 Å². The molecule has 0 saturated carbocycles. The fourth-order valence-corrected chi connectivity index (χ4v) is 4.56. The molecule has 166 valence electrons. The molecule has 1 fully saturated rings. The van der Waals surface area contributed by atoms with E-state index in [1.165, 1.54) is 36.4 Å². The highest BCUT2D eigenvalue weighted by Crippen LogP contribution is 2.44. The predicted octanol–water partition coefficient (Wildman–Crippen LogP) is 5.10. The molecule has 2 heterocycles. The number of benzene rings is 2. The Morgan fingerprint density at radius 3 is 2.26 bits per heavy atom. The van der Waals surface area contributed by atoms with E-state index in [1.807, 2.05) is 0 Å². The number of ketones is 1. The van der Waals surface area contributed by atoms with E-state index in [0.29, 0.717) is 16.8 Å². The highest BCUT2D eigenvalue weighted by Gasteiger charge is 2.48. The smallest absolute Gasteiger partial charge is 0.238 e. The van der Waals surface area contributed by atoms with Crippen molar-refractivity contribution < 1.29 is 18.4 Å². The number of halogens is 3. The number of carbonyl (C=O) groups excluding carboxylic acids is 2. The van der Waals surface area contributed by atoms with E-state index in [1.54, 1.807) is 24.8 Å². The summed E-state index contributed by atoms with van der Waals surface area (Å²) in [5.41, 5.74) is 0.853. The summed E-state index contributed by atoms with van der Waals surface area (Å²) < 4.78 is 27.2. The van der Waals surface area contributed by atoms with Gasteiger partial charge in [-0.25, -0.2) is 8.78 Å². The number of carbonyl (C=O) groups is 2. The number of nitrogens with zero attached hydrogens (tertiary/aromatic N) is 2. The molecule has 0 N–H and O–H groups in total. The van der Waals surface area contributed by atoms with Crippen molar-refractivity contribution in [1.82, 2.24) is 4.90 Å². The van der Waals surface area contributed by atoms with Crippen LogP contribution in [-0.4, -0.2) is 35.8 Å². The number of fused-ring (bicyclic) bond motifs is 1. The Kier molecular flexibility index (Phi) is 6.82. The second-order valence-electron chi connectivity index (χ2n) is 8.67. The van der Waals surface area contributed by atoms with Gasteiger partial charge in [0.2, 0.25) is 5.91 Å². The molecule has 1 unspecified atom stereocenters. The molecule has 0 spiro atoms. The lowest BCUT2D eigenvalue weighted by atomic mass is 9.86. The molecule has 4 rings (SSSR count). The average Bonchev–Trinajstić information content (AvgIpc) is 2.93. The fraction of sp³-hybridized carbons (Fsp3) is 0.417. The highest BCUT2D eigenvalue weighted by atomic mass is 35.5. The van der Waals surface area contributed by atoms with Gasteiger partial charge in [-0.2, -0.15) is 0 Å². The van der Waals surface area contributed by atoms with Gasteiger partial charge < -0.3 is 0 Å². The minimum atomic E-state index is -0.871. The molecule has 2 aromatic carbocycles. The lowest BCUT2D eigenvalue weighted by Crippen LogP contribution is -2.54. The van der Waals surface area contributed by atoms with Crippen molar-refractivity contribution in [2.45, 2.75) is 51.1 Å². The first-order chi connectivity index (χ1) is 14.3. The molecule has 1 atom stereocenters. The molecule has 1 saturated heterocycles. The maximum Gasteiger partial charge on any atom is 0.238 e. The highest BCUT2D eigenvalue weighted by molar-refractivity contribution is 6.08. The fourth-order valence-electron chi connectivity index (χ4n) is 4.56. The molecule has 0 aliphatic carbocycles. The summed E-state index contributed by atoms with van der Waals surface area (Å²) >= 11 is 0. The van der Waals surface area contributed by atoms with Gasteiger partial charge in [-0.1, -0.05) is 6.42 Å². The van der Waals surface area contributed by atoms with E-state index in [4.69, 9.17) is 0 Å². The van der Waals surface area contributed by atoms with Crippen molar-refractivity contribution in [2.24, 2.45) is 0 Å². The lowest BCUT2D eigenvalue weighted by Gasteiger charge is -2.40. The van der Waals surface area contributed by atoms with Gasteiger partial charge in [0.1, 0.15) is 11.6 Å². The zero-order chi connectivity index (χ0) is 21.5. The Hall–Kier alpha value is -2.31. The third-order valence-electron chi connectivity index (χ3n) is 6.29. The van der Waals surface area contributed by atoms with Crippen LogP contribution in [0.2, 0.25) is 0 Å². The van der Waals surface area contributed by atoms with Crippen molar-refractivity contribution in [3.05, 3.63) is 65.2 Å². The summed E-state index contributed by atoms with van der Waals surface area (Å²) in [4.78, 5) is 30.4. The van der Waals surface area contributed by atoms with Gasteiger partial charge in [-0.15, -0.1) is 12.4 Å². The zero-order valence-electron chi connectivity index (χ0n) is 17.7. The van der Waals surface area contributed by atoms with Crippen LogP contribution in [0.4, 0.5) is 14.5 Å². The maximum absolute atomic E-state index is 14.0. The number of piperidine rings is 1. The standard InChI is InChI=1S/C24H26F2N2O2.ClH/c1-24(2)19-14-18(26)10-11-20(19)28(23(24)30)22(27-12-4-3-5-13-27)15-21(29)16-6-8-17(25)9-7-16;/h6-11,14,22H,3-5,12-13,15H2,1-2H3;1H. The van der Waals surface area contributed by atoms with Crippen LogP contribution in [0.5, 0.6) is 0 Å². The van der Waals surface area contributed by atoms with Crippen molar-refractivity contribution >= 4 is 29.8 Å². The summed E-state index contributed by atoms with van der Waals surface area (Å²) in [6.45, 7) is 5.18. The van der Waals surface area contributed by atoms with Crippen LogP contribution in [0.25, 0.3) is 0 Å². The number of hydrogen-bond donors (Lipinski definition) is 0. The Morgan fingerprint density at radius 1 is 1.00 bits per heavy atom. The third-order valence-corrected chi connectivity index (χ3v) is 6.29. The number of likely N-dealkylation sites (tertiary alicyclic amines) is 1. The minimum Gasteiger partial charge on any atom is -0.295 e. The largest absolute Gasteiger partial charge is 0.295 e. The average molecular weight is 449 g/mol. The van der Waals surface area contributed by atoms with Crippen molar-refractivity contribution in [3.63, 3.8) is 0 Å². The van der Waals surface area contributed by atoms with Crippen molar-refractivity contribution in [2.75, 3.05) is 18.0 Å². The molecule has 2 aromatic rings. The Balaban J connectivity index is 0.00000272. The van der Waals surface area contributed by atoms with E-state index in [2.05, 4.69) is 4.90 Å². The lowest BCUT2D eigenvalue weighted by molar-refractivity contribution is -0.123. The molecule has 0 aromatic heterocycles. The van der Waals surface area contributed by atoms with Crippen LogP contribution in [0.15, 0.2) is 42.5 Å². The SMILES string of the molecule is CC1(C)C(=O)N(C(CC(=O)c2ccc(F)cc2)N2CCCCC2)c2ccc(F)cc21.Cl.